The molecule has 20 heavy (non-hydrogen) atoms. The van der Waals surface area contributed by atoms with Crippen LogP contribution in [0.25, 0.3) is 11.4 Å². The van der Waals surface area contributed by atoms with Crippen molar-refractivity contribution < 1.29 is 5.11 Å². The van der Waals surface area contributed by atoms with Gasteiger partial charge in [0.2, 0.25) is 0 Å². The molecule has 0 aliphatic carbocycles. The summed E-state index contributed by atoms with van der Waals surface area (Å²) < 4.78 is 6.88. The van der Waals surface area contributed by atoms with Crippen molar-refractivity contribution in [3.63, 3.8) is 0 Å². The van der Waals surface area contributed by atoms with Gasteiger partial charge in [-0.25, -0.2) is 4.98 Å². The Hall–Kier alpha value is -1.77. The van der Waals surface area contributed by atoms with Gasteiger partial charge in [-0.1, -0.05) is 30.3 Å². The van der Waals surface area contributed by atoms with Crippen molar-refractivity contribution >= 4 is 23.3 Å². The first kappa shape index (κ1) is 13.2. The third kappa shape index (κ3) is 2.58. The minimum Gasteiger partial charge on any atom is -0.388 e. The molecular formula is C12H11N5OS2. The summed E-state index contributed by atoms with van der Waals surface area (Å²) >= 11 is 2.71. The molecule has 3 aromatic rings. The number of aliphatic hydroxyl groups is 1. The summed E-state index contributed by atoms with van der Waals surface area (Å²) in [5, 5.41) is 17.7. The molecule has 0 atom stereocenters. The fourth-order valence-corrected chi connectivity index (χ4v) is 3.14. The van der Waals surface area contributed by atoms with Gasteiger partial charge in [0.1, 0.15) is 6.61 Å². The third-order valence-electron chi connectivity index (χ3n) is 2.68. The van der Waals surface area contributed by atoms with Crippen molar-refractivity contribution in [2.75, 3.05) is 0 Å². The lowest BCUT2D eigenvalue weighted by Crippen LogP contribution is -1.98. The average Bonchev–Trinajstić information content (AvgIpc) is 3.08. The Kier molecular flexibility index (Phi) is 3.77. The van der Waals surface area contributed by atoms with Crippen LogP contribution in [0.5, 0.6) is 0 Å². The minimum absolute atomic E-state index is 0.130. The van der Waals surface area contributed by atoms with E-state index >= 15 is 0 Å². The predicted molar refractivity (Wildman–Crippen MR) is 76.4 cm³/mol. The van der Waals surface area contributed by atoms with E-state index in [0.29, 0.717) is 16.8 Å². The highest BCUT2D eigenvalue weighted by Gasteiger charge is 2.13. The van der Waals surface area contributed by atoms with Gasteiger partial charge in [0, 0.05) is 12.6 Å². The Morgan fingerprint density at radius 2 is 2.05 bits per heavy atom. The van der Waals surface area contributed by atoms with E-state index in [9.17, 15) is 0 Å². The van der Waals surface area contributed by atoms with Crippen molar-refractivity contribution in [3.05, 3.63) is 36.2 Å². The van der Waals surface area contributed by atoms with Crippen LogP contribution in [0, 0.1) is 0 Å². The van der Waals surface area contributed by atoms with Crippen LogP contribution < -0.4 is 0 Å². The first-order valence-corrected chi connectivity index (χ1v) is 7.43. The zero-order valence-electron chi connectivity index (χ0n) is 10.6. The monoisotopic (exact) mass is 305 g/mol. The zero-order valence-corrected chi connectivity index (χ0v) is 12.2. The number of hydrogen-bond donors (Lipinski definition) is 1. The topological polar surface area (TPSA) is 76.7 Å². The van der Waals surface area contributed by atoms with Gasteiger partial charge in [0.15, 0.2) is 21.1 Å². The molecule has 1 N–H and O–H groups in total. The quantitative estimate of drug-likeness (QED) is 0.794. The van der Waals surface area contributed by atoms with E-state index in [-0.39, 0.29) is 6.61 Å². The van der Waals surface area contributed by atoms with Gasteiger partial charge in [0.25, 0.3) is 0 Å². The highest BCUT2D eigenvalue weighted by molar-refractivity contribution is 8.00. The number of rotatable bonds is 4. The summed E-state index contributed by atoms with van der Waals surface area (Å²) in [4.78, 5) is 4.48. The summed E-state index contributed by atoms with van der Waals surface area (Å²) in [6, 6.07) is 9.83. The van der Waals surface area contributed by atoms with Crippen LogP contribution in [0.2, 0.25) is 0 Å². The molecule has 0 spiro atoms. The van der Waals surface area contributed by atoms with Gasteiger partial charge in [-0.15, -0.1) is 10.2 Å². The Bertz CT molecular complexity index is 710. The van der Waals surface area contributed by atoms with Gasteiger partial charge in [0.05, 0.1) is 0 Å². The van der Waals surface area contributed by atoms with E-state index in [0.717, 1.165) is 9.90 Å². The summed E-state index contributed by atoms with van der Waals surface area (Å²) in [7, 11) is 1.81. The Morgan fingerprint density at radius 1 is 1.25 bits per heavy atom. The first-order valence-electron chi connectivity index (χ1n) is 5.84. The minimum atomic E-state index is -0.130. The number of aliphatic hydroxyl groups excluding tert-OH is 1. The molecule has 0 fully saturated rings. The summed E-state index contributed by atoms with van der Waals surface area (Å²) in [6.45, 7) is -0.130. The number of nitrogens with zero attached hydrogens (tertiary/aromatic N) is 5. The van der Waals surface area contributed by atoms with Gasteiger partial charge >= 0.3 is 0 Å². The van der Waals surface area contributed by atoms with Crippen molar-refractivity contribution in [1.29, 1.82) is 0 Å². The predicted octanol–water partition coefficient (Wildman–Crippen LogP) is 1.98. The maximum Gasteiger partial charge on any atom is 0.198 e. The lowest BCUT2D eigenvalue weighted by atomic mass is 10.2. The first-order chi connectivity index (χ1) is 9.78. The van der Waals surface area contributed by atoms with Crippen LogP contribution in [0.3, 0.4) is 0 Å². The third-order valence-corrected chi connectivity index (χ3v) is 4.47. The molecule has 0 unspecified atom stereocenters. The summed E-state index contributed by atoms with van der Waals surface area (Å²) in [5.41, 5.74) is 0.990. The van der Waals surface area contributed by atoms with E-state index < -0.39 is 0 Å². The normalized spacial score (nSPS) is 10.9. The van der Waals surface area contributed by atoms with E-state index in [2.05, 4.69) is 19.6 Å². The maximum atomic E-state index is 9.09. The molecule has 2 aromatic heterocycles. The van der Waals surface area contributed by atoms with Gasteiger partial charge in [-0.05, 0) is 23.3 Å². The lowest BCUT2D eigenvalue weighted by molar-refractivity contribution is 0.266. The molecule has 0 amide bonds. The second-order valence-corrected chi connectivity index (χ2v) is 5.93. The molecule has 0 radical (unpaired) electrons. The molecule has 2 heterocycles. The molecule has 8 heteroatoms. The largest absolute Gasteiger partial charge is 0.388 e. The summed E-state index contributed by atoms with van der Waals surface area (Å²) in [6.07, 6.45) is 0. The number of hydrogen-bond acceptors (Lipinski definition) is 7. The second kappa shape index (κ2) is 5.70. The fraction of sp³-hybridized carbons (Fsp3) is 0.167. The molecule has 1 aromatic carbocycles. The van der Waals surface area contributed by atoms with Gasteiger partial charge in [-0.2, -0.15) is 4.37 Å². The van der Waals surface area contributed by atoms with E-state index in [4.69, 9.17) is 5.11 Å². The Balaban J connectivity index is 1.82. The van der Waals surface area contributed by atoms with Crippen LogP contribution >= 0.6 is 23.3 Å². The molecule has 0 aliphatic rings. The molecule has 0 aliphatic heterocycles. The van der Waals surface area contributed by atoms with E-state index in [1.54, 1.807) is 4.57 Å². The standard InChI is InChI=1S/C12H11N5OS2/c1-17-9(7-18)14-15-11(17)19-12-13-10(16-20-12)8-5-3-2-4-6-8/h2-6,18H,7H2,1H3. The van der Waals surface area contributed by atoms with Gasteiger partial charge < -0.3 is 9.67 Å². The molecule has 0 bridgehead atoms. The van der Waals surface area contributed by atoms with Crippen LogP contribution in [0.4, 0.5) is 0 Å². The van der Waals surface area contributed by atoms with E-state index in [1.807, 2.05) is 37.4 Å². The molecule has 0 saturated heterocycles. The average molecular weight is 305 g/mol. The molecule has 3 rings (SSSR count). The number of aromatic nitrogens is 5. The van der Waals surface area contributed by atoms with Crippen LogP contribution in [0.15, 0.2) is 39.8 Å². The Labute approximate surface area is 123 Å². The maximum absolute atomic E-state index is 9.09. The highest BCUT2D eigenvalue weighted by Crippen LogP contribution is 2.29. The van der Waals surface area contributed by atoms with Crippen molar-refractivity contribution in [2.24, 2.45) is 7.05 Å². The lowest BCUT2D eigenvalue weighted by Gasteiger charge is -1.98. The molecule has 6 nitrogen and oxygen atoms in total. The summed E-state index contributed by atoms with van der Waals surface area (Å²) in [5.74, 6) is 1.24. The smallest absolute Gasteiger partial charge is 0.198 e. The number of benzene rings is 1. The molecule has 0 saturated carbocycles. The van der Waals surface area contributed by atoms with Crippen molar-refractivity contribution in [1.82, 2.24) is 24.1 Å². The second-order valence-electron chi connectivity index (χ2n) is 3.97. The zero-order chi connectivity index (χ0) is 13.9. The highest BCUT2D eigenvalue weighted by atomic mass is 32.2. The van der Waals surface area contributed by atoms with Crippen molar-refractivity contribution in [3.8, 4) is 11.4 Å². The fourth-order valence-electron chi connectivity index (χ4n) is 1.61. The van der Waals surface area contributed by atoms with Gasteiger partial charge in [-0.3, -0.25) is 0 Å². The molecular weight excluding hydrogens is 294 g/mol. The van der Waals surface area contributed by atoms with Crippen LogP contribution in [0.1, 0.15) is 5.82 Å². The van der Waals surface area contributed by atoms with E-state index in [1.165, 1.54) is 23.3 Å². The molecule has 102 valence electrons. The SMILES string of the molecule is Cn1c(CO)nnc1Sc1nc(-c2ccccc2)ns1. The van der Waals surface area contributed by atoms with Crippen molar-refractivity contribution in [2.45, 2.75) is 16.1 Å². The Morgan fingerprint density at radius 3 is 2.75 bits per heavy atom. The van der Waals surface area contributed by atoms with Crippen LogP contribution in [-0.2, 0) is 13.7 Å². The van der Waals surface area contributed by atoms with Crippen LogP contribution in [-0.4, -0.2) is 29.2 Å².